The fraction of sp³-hybridized carbons (Fsp3) is 0.632. The number of ether oxygens (including phenoxy) is 2. The van der Waals surface area contributed by atoms with Crippen LogP contribution in [0.3, 0.4) is 0 Å². The van der Waals surface area contributed by atoms with E-state index >= 15 is 0 Å². The van der Waals surface area contributed by atoms with Crippen LogP contribution in [0, 0.1) is 5.92 Å². The SMILES string of the molecule is CNCCC(=O)N(Cc1ccc2c(c1)OCO2)C1CCC(C)CC1.Cl. The molecule has 25 heavy (non-hydrogen) atoms. The molecule has 0 aromatic heterocycles. The van der Waals surface area contributed by atoms with E-state index in [2.05, 4.69) is 17.1 Å². The van der Waals surface area contributed by atoms with Gasteiger partial charge in [-0.3, -0.25) is 4.79 Å². The van der Waals surface area contributed by atoms with Gasteiger partial charge >= 0.3 is 0 Å². The molecule has 1 saturated carbocycles. The molecule has 1 heterocycles. The Labute approximate surface area is 156 Å². The molecule has 1 aliphatic carbocycles. The molecule has 1 amide bonds. The third kappa shape index (κ3) is 5.02. The number of amides is 1. The molecule has 140 valence electrons. The lowest BCUT2D eigenvalue weighted by molar-refractivity contribution is -0.135. The standard InChI is InChI=1S/C19H28N2O3.ClH/c1-14-3-6-16(7-4-14)21(19(22)9-10-20-2)12-15-5-8-17-18(11-15)24-13-23-17;/h5,8,11,14,16,20H,3-4,6-7,9-10,12-13H2,1-2H3;1H. The summed E-state index contributed by atoms with van der Waals surface area (Å²) in [5.41, 5.74) is 1.11. The van der Waals surface area contributed by atoms with Crippen LogP contribution in [0.4, 0.5) is 0 Å². The Morgan fingerprint density at radius 1 is 1.20 bits per heavy atom. The van der Waals surface area contributed by atoms with Gasteiger partial charge in [0.15, 0.2) is 11.5 Å². The van der Waals surface area contributed by atoms with Crippen LogP contribution in [0.25, 0.3) is 0 Å². The number of benzene rings is 1. The van der Waals surface area contributed by atoms with E-state index in [1.807, 2.05) is 25.2 Å². The number of halogens is 1. The fourth-order valence-electron chi connectivity index (χ4n) is 3.59. The summed E-state index contributed by atoms with van der Waals surface area (Å²) in [5.74, 6) is 2.59. The molecule has 1 N–H and O–H groups in total. The van der Waals surface area contributed by atoms with Gasteiger partial charge in [0.2, 0.25) is 12.7 Å². The predicted octanol–water partition coefficient (Wildman–Crippen LogP) is 3.35. The van der Waals surface area contributed by atoms with Crippen LogP contribution in [-0.2, 0) is 11.3 Å². The maximum Gasteiger partial charge on any atom is 0.231 e. The van der Waals surface area contributed by atoms with Crippen molar-refractivity contribution in [3.8, 4) is 11.5 Å². The third-order valence-electron chi connectivity index (χ3n) is 5.13. The van der Waals surface area contributed by atoms with Gasteiger partial charge in [0.1, 0.15) is 0 Å². The highest BCUT2D eigenvalue weighted by Crippen LogP contribution is 2.34. The van der Waals surface area contributed by atoms with Gasteiger partial charge in [0, 0.05) is 25.6 Å². The summed E-state index contributed by atoms with van der Waals surface area (Å²) in [6.45, 7) is 3.96. The molecular weight excluding hydrogens is 340 g/mol. The van der Waals surface area contributed by atoms with Crippen molar-refractivity contribution in [2.24, 2.45) is 5.92 Å². The number of nitrogens with zero attached hydrogens (tertiary/aromatic N) is 1. The van der Waals surface area contributed by atoms with Crippen molar-refractivity contribution in [2.45, 2.75) is 51.6 Å². The van der Waals surface area contributed by atoms with Crippen LogP contribution < -0.4 is 14.8 Å². The molecule has 1 fully saturated rings. The molecule has 1 aromatic rings. The Bertz CT molecular complexity index is 574. The minimum absolute atomic E-state index is 0. The molecule has 2 aliphatic rings. The van der Waals surface area contributed by atoms with Crippen molar-refractivity contribution in [1.82, 2.24) is 10.2 Å². The molecule has 5 nitrogen and oxygen atoms in total. The van der Waals surface area contributed by atoms with Gasteiger partial charge in [0.05, 0.1) is 0 Å². The lowest BCUT2D eigenvalue weighted by atomic mass is 9.86. The van der Waals surface area contributed by atoms with Gasteiger partial charge in [0.25, 0.3) is 0 Å². The molecule has 0 atom stereocenters. The number of carbonyl (C=O) groups is 1. The smallest absolute Gasteiger partial charge is 0.231 e. The van der Waals surface area contributed by atoms with Crippen LogP contribution in [0.2, 0.25) is 0 Å². The van der Waals surface area contributed by atoms with E-state index in [0.29, 0.717) is 19.0 Å². The topological polar surface area (TPSA) is 50.8 Å². The summed E-state index contributed by atoms with van der Waals surface area (Å²) in [5, 5.41) is 3.08. The quantitative estimate of drug-likeness (QED) is 0.836. The van der Waals surface area contributed by atoms with E-state index in [1.54, 1.807) is 0 Å². The lowest BCUT2D eigenvalue weighted by Crippen LogP contribution is -2.42. The third-order valence-corrected chi connectivity index (χ3v) is 5.13. The fourth-order valence-corrected chi connectivity index (χ4v) is 3.59. The summed E-state index contributed by atoms with van der Waals surface area (Å²) < 4.78 is 10.8. The largest absolute Gasteiger partial charge is 0.454 e. The summed E-state index contributed by atoms with van der Waals surface area (Å²) in [6.07, 6.45) is 5.18. The van der Waals surface area contributed by atoms with Gasteiger partial charge in [-0.05, 0) is 56.3 Å². The van der Waals surface area contributed by atoms with Crippen LogP contribution in [0.5, 0.6) is 11.5 Å². The Morgan fingerprint density at radius 2 is 1.92 bits per heavy atom. The van der Waals surface area contributed by atoms with E-state index in [1.165, 1.54) is 12.8 Å². The zero-order valence-corrected chi connectivity index (χ0v) is 15.9. The number of hydrogen-bond donors (Lipinski definition) is 1. The number of hydrogen-bond acceptors (Lipinski definition) is 4. The first kappa shape index (κ1) is 19.9. The second-order valence-corrected chi connectivity index (χ2v) is 6.98. The highest BCUT2D eigenvalue weighted by Gasteiger charge is 2.27. The Morgan fingerprint density at radius 3 is 2.64 bits per heavy atom. The van der Waals surface area contributed by atoms with E-state index in [-0.39, 0.29) is 25.1 Å². The number of carbonyl (C=O) groups excluding carboxylic acids is 1. The van der Waals surface area contributed by atoms with E-state index in [4.69, 9.17) is 9.47 Å². The predicted molar refractivity (Wildman–Crippen MR) is 100 cm³/mol. The molecule has 0 saturated heterocycles. The Hall–Kier alpha value is -1.46. The van der Waals surface area contributed by atoms with Gasteiger partial charge in [-0.25, -0.2) is 0 Å². The van der Waals surface area contributed by atoms with Crippen molar-refractivity contribution in [3.63, 3.8) is 0 Å². The molecule has 1 aliphatic heterocycles. The second-order valence-electron chi connectivity index (χ2n) is 6.98. The van der Waals surface area contributed by atoms with E-state index in [0.717, 1.165) is 42.4 Å². The van der Waals surface area contributed by atoms with Crippen LogP contribution in [0.1, 0.15) is 44.6 Å². The van der Waals surface area contributed by atoms with E-state index < -0.39 is 0 Å². The Balaban J connectivity index is 0.00000225. The molecule has 0 radical (unpaired) electrons. The summed E-state index contributed by atoms with van der Waals surface area (Å²) >= 11 is 0. The van der Waals surface area contributed by atoms with Crippen molar-refractivity contribution < 1.29 is 14.3 Å². The monoisotopic (exact) mass is 368 g/mol. The first-order chi connectivity index (χ1) is 11.7. The highest BCUT2D eigenvalue weighted by atomic mass is 35.5. The summed E-state index contributed by atoms with van der Waals surface area (Å²) in [4.78, 5) is 14.8. The van der Waals surface area contributed by atoms with Gasteiger partial charge in [-0.15, -0.1) is 12.4 Å². The molecule has 1 aromatic carbocycles. The highest BCUT2D eigenvalue weighted by molar-refractivity contribution is 5.85. The number of nitrogens with one attached hydrogen (secondary N) is 1. The molecule has 0 bridgehead atoms. The van der Waals surface area contributed by atoms with Gasteiger partial charge in [-0.1, -0.05) is 13.0 Å². The number of rotatable bonds is 6. The molecule has 0 spiro atoms. The van der Waals surface area contributed by atoms with Crippen LogP contribution in [-0.4, -0.2) is 37.2 Å². The van der Waals surface area contributed by atoms with E-state index in [9.17, 15) is 4.79 Å². The normalized spacial score (nSPS) is 21.5. The number of fused-ring (bicyclic) bond motifs is 1. The van der Waals surface area contributed by atoms with Crippen LogP contribution >= 0.6 is 12.4 Å². The molecular formula is C19H29ClN2O3. The van der Waals surface area contributed by atoms with Crippen molar-refractivity contribution >= 4 is 18.3 Å². The molecule has 3 rings (SSSR count). The van der Waals surface area contributed by atoms with Gasteiger partial charge in [-0.2, -0.15) is 0 Å². The maximum atomic E-state index is 12.8. The van der Waals surface area contributed by atoms with Crippen LogP contribution in [0.15, 0.2) is 18.2 Å². The first-order valence-corrected chi connectivity index (χ1v) is 9.00. The lowest BCUT2D eigenvalue weighted by Gasteiger charge is -2.36. The second kappa shape index (κ2) is 9.30. The average Bonchev–Trinajstić information content (AvgIpc) is 3.06. The summed E-state index contributed by atoms with van der Waals surface area (Å²) in [6, 6.07) is 6.34. The zero-order chi connectivity index (χ0) is 16.9. The minimum atomic E-state index is 0. The molecule has 0 unspecified atom stereocenters. The van der Waals surface area contributed by atoms with Crippen molar-refractivity contribution in [2.75, 3.05) is 20.4 Å². The average molecular weight is 369 g/mol. The maximum absolute atomic E-state index is 12.8. The van der Waals surface area contributed by atoms with Crippen molar-refractivity contribution in [3.05, 3.63) is 23.8 Å². The molecule has 6 heteroatoms. The first-order valence-electron chi connectivity index (χ1n) is 9.00. The Kier molecular flexibility index (Phi) is 7.38. The van der Waals surface area contributed by atoms with Crippen molar-refractivity contribution in [1.29, 1.82) is 0 Å². The summed E-state index contributed by atoms with van der Waals surface area (Å²) in [7, 11) is 1.89. The zero-order valence-electron chi connectivity index (χ0n) is 15.1. The van der Waals surface area contributed by atoms with Gasteiger partial charge < -0.3 is 19.7 Å². The minimum Gasteiger partial charge on any atom is -0.454 e.